The van der Waals surface area contributed by atoms with Crippen LogP contribution in [0.15, 0.2) is 76.0 Å². The molecule has 3 fully saturated rings. The first-order chi connectivity index (χ1) is 15.5. The third kappa shape index (κ3) is 4.16. The van der Waals surface area contributed by atoms with Crippen LogP contribution in [0.25, 0.3) is 11.3 Å². The van der Waals surface area contributed by atoms with Gasteiger partial charge < -0.3 is 14.6 Å². The second-order valence-electron chi connectivity index (χ2n) is 8.35. The summed E-state index contributed by atoms with van der Waals surface area (Å²) in [6.07, 6.45) is 2.23. The Morgan fingerprint density at radius 3 is 2.38 bits per heavy atom. The number of hydrogen-bond donors (Lipinski definition) is 2. The summed E-state index contributed by atoms with van der Waals surface area (Å²) < 4.78 is 34.0. The van der Waals surface area contributed by atoms with Crippen LogP contribution in [0, 0.1) is 5.92 Å². The summed E-state index contributed by atoms with van der Waals surface area (Å²) in [6, 6.07) is 18.6. The summed E-state index contributed by atoms with van der Waals surface area (Å²) in [5, 5.41) is 3.12. The molecule has 3 aliphatic heterocycles. The number of nitrogens with zero attached hydrogens (tertiary/aromatic N) is 1. The Morgan fingerprint density at radius 1 is 0.938 bits per heavy atom. The highest BCUT2D eigenvalue weighted by Crippen LogP contribution is 2.32. The average Bonchev–Trinajstić information content (AvgIpc) is 3.31. The third-order valence-electron chi connectivity index (χ3n) is 6.29. The number of para-hydroxylation sites is 1. The fourth-order valence-corrected chi connectivity index (χ4v) is 5.66. The fourth-order valence-electron chi connectivity index (χ4n) is 4.56. The zero-order valence-electron chi connectivity index (χ0n) is 17.5. The Bertz CT molecular complexity index is 1210. The first-order valence-electron chi connectivity index (χ1n) is 10.8. The van der Waals surface area contributed by atoms with Crippen molar-refractivity contribution in [1.82, 2.24) is 10.2 Å². The molecule has 1 unspecified atom stereocenters. The van der Waals surface area contributed by atoms with Crippen molar-refractivity contribution in [3.05, 3.63) is 72.5 Å². The van der Waals surface area contributed by atoms with Crippen molar-refractivity contribution < 1.29 is 17.6 Å². The van der Waals surface area contributed by atoms with Crippen molar-refractivity contribution in [3.63, 3.8) is 0 Å². The highest BCUT2D eigenvalue weighted by Gasteiger charge is 2.35. The SMILES string of the molecule is O=C(NC1CN2CCC1CC2)c1ccc(-c2ccccc2NS(=O)(=O)c2ccccc2)o1. The molecule has 0 saturated carbocycles. The van der Waals surface area contributed by atoms with Gasteiger partial charge in [0.1, 0.15) is 5.76 Å². The lowest BCUT2D eigenvalue weighted by Gasteiger charge is -2.44. The molecule has 8 heteroatoms. The highest BCUT2D eigenvalue weighted by molar-refractivity contribution is 7.92. The molecule has 1 amide bonds. The average molecular weight is 452 g/mol. The number of nitrogens with one attached hydrogen (secondary N) is 2. The number of amides is 1. The van der Waals surface area contributed by atoms with E-state index in [0.29, 0.717) is 22.9 Å². The van der Waals surface area contributed by atoms with Gasteiger partial charge in [0.2, 0.25) is 0 Å². The Kier molecular flexibility index (Phi) is 5.48. The number of fused-ring (bicyclic) bond motifs is 3. The van der Waals surface area contributed by atoms with Crippen molar-refractivity contribution in [3.8, 4) is 11.3 Å². The quantitative estimate of drug-likeness (QED) is 0.598. The topological polar surface area (TPSA) is 91.7 Å². The van der Waals surface area contributed by atoms with Crippen molar-refractivity contribution in [1.29, 1.82) is 0 Å². The largest absolute Gasteiger partial charge is 0.451 e. The van der Waals surface area contributed by atoms with Gasteiger partial charge in [0, 0.05) is 18.2 Å². The molecule has 7 nitrogen and oxygen atoms in total. The van der Waals surface area contributed by atoms with Gasteiger partial charge in [-0.1, -0.05) is 30.3 Å². The predicted octanol–water partition coefficient (Wildman–Crippen LogP) is 3.57. The maximum absolute atomic E-state index is 12.8. The van der Waals surface area contributed by atoms with Crippen LogP contribution in [0.5, 0.6) is 0 Å². The van der Waals surface area contributed by atoms with Gasteiger partial charge in [-0.05, 0) is 68.2 Å². The summed E-state index contributed by atoms with van der Waals surface area (Å²) in [6.45, 7) is 3.10. The van der Waals surface area contributed by atoms with Crippen molar-refractivity contribution >= 4 is 21.6 Å². The Hall–Kier alpha value is -3.10. The van der Waals surface area contributed by atoms with E-state index < -0.39 is 10.0 Å². The van der Waals surface area contributed by atoms with Crippen LogP contribution in [-0.2, 0) is 10.0 Å². The van der Waals surface area contributed by atoms with Crippen LogP contribution in [0.3, 0.4) is 0 Å². The number of carbonyl (C=O) groups excluding carboxylic acids is 1. The summed E-state index contributed by atoms with van der Waals surface area (Å²) in [7, 11) is -3.75. The molecule has 1 atom stereocenters. The Labute approximate surface area is 187 Å². The zero-order chi connectivity index (χ0) is 22.1. The first kappa shape index (κ1) is 20.8. The molecular weight excluding hydrogens is 426 g/mol. The fraction of sp³-hybridized carbons (Fsp3) is 0.292. The minimum Gasteiger partial charge on any atom is -0.451 e. The molecular formula is C24H25N3O4S. The molecule has 2 N–H and O–H groups in total. The third-order valence-corrected chi connectivity index (χ3v) is 7.67. The van der Waals surface area contributed by atoms with E-state index in [0.717, 1.165) is 32.5 Å². The van der Waals surface area contributed by atoms with Gasteiger partial charge in [0.25, 0.3) is 15.9 Å². The molecule has 2 bridgehead atoms. The molecule has 6 rings (SSSR count). The van der Waals surface area contributed by atoms with Gasteiger partial charge in [-0.25, -0.2) is 8.42 Å². The van der Waals surface area contributed by atoms with Gasteiger partial charge >= 0.3 is 0 Å². The molecule has 2 aromatic carbocycles. The van der Waals surface area contributed by atoms with E-state index in [9.17, 15) is 13.2 Å². The number of rotatable bonds is 6. The van der Waals surface area contributed by atoms with Gasteiger partial charge in [-0.15, -0.1) is 0 Å². The molecule has 3 saturated heterocycles. The predicted molar refractivity (Wildman–Crippen MR) is 122 cm³/mol. The van der Waals surface area contributed by atoms with Crippen molar-refractivity contribution in [2.24, 2.45) is 5.92 Å². The number of benzene rings is 2. The van der Waals surface area contributed by atoms with Gasteiger partial charge in [-0.3, -0.25) is 9.52 Å². The Balaban J connectivity index is 1.35. The van der Waals surface area contributed by atoms with E-state index in [2.05, 4.69) is 14.9 Å². The minimum atomic E-state index is -3.75. The molecule has 0 radical (unpaired) electrons. The lowest BCUT2D eigenvalue weighted by molar-refractivity contribution is 0.0606. The number of carbonyl (C=O) groups is 1. The van der Waals surface area contributed by atoms with E-state index in [1.165, 1.54) is 12.1 Å². The van der Waals surface area contributed by atoms with Crippen LogP contribution in [0.1, 0.15) is 23.4 Å². The standard InChI is InChI=1S/C24H25N3O4S/c28-24(25-21-16-27-14-12-17(21)13-15-27)23-11-10-22(31-23)19-8-4-5-9-20(19)26-32(29,30)18-6-2-1-3-7-18/h1-11,17,21,26H,12-16H2,(H,25,28). The van der Waals surface area contributed by atoms with Crippen LogP contribution in [0.2, 0.25) is 0 Å². The second kappa shape index (κ2) is 8.44. The number of hydrogen-bond acceptors (Lipinski definition) is 5. The summed E-state index contributed by atoms with van der Waals surface area (Å²) in [5.74, 6) is 0.927. The maximum atomic E-state index is 12.8. The second-order valence-corrected chi connectivity index (χ2v) is 10.0. The lowest BCUT2D eigenvalue weighted by Crippen LogP contribution is -2.57. The van der Waals surface area contributed by atoms with Crippen molar-refractivity contribution in [2.75, 3.05) is 24.4 Å². The first-order valence-corrected chi connectivity index (χ1v) is 12.3. The normalized spacial score (nSPS) is 22.4. The molecule has 3 aromatic rings. The van der Waals surface area contributed by atoms with Crippen LogP contribution in [-0.4, -0.2) is 44.9 Å². The van der Waals surface area contributed by atoms with Crippen LogP contribution >= 0.6 is 0 Å². The molecule has 0 spiro atoms. The molecule has 4 heterocycles. The van der Waals surface area contributed by atoms with E-state index in [1.807, 2.05) is 0 Å². The molecule has 3 aliphatic rings. The van der Waals surface area contributed by atoms with Crippen LogP contribution < -0.4 is 10.0 Å². The van der Waals surface area contributed by atoms with E-state index in [-0.39, 0.29) is 22.6 Å². The number of anilines is 1. The number of sulfonamides is 1. The number of furan rings is 1. The van der Waals surface area contributed by atoms with E-state index in [4.69, 9.17) is 4.42 Å². The molecule has 166 valence electrons. The van der Waals surface area contributed by atoms with Gasteiger partial charge in [0.15, 0.2) is 5.76 Å². The smallest absolute Gasteiger partial charge is 0.287 e. The zero-order valence-corrected chi connectivity index (χ0v) is 18.3. The van der Waals surface area contributed by atoms with E-state index in [1.54, 1.807) is 54.6 Å². The minimum absolute atomic E-state index is 0.142. The lowest BCUT2D eigenvalue weighted by atomic mass is 9.84. The van der Waals surface area contributed by atoms with Gasteiger partial charge in [0.05, 0.1) is 10.6 Å². The monoisotopic (exact) mass is 451 g/mol. The van der Waals surface area contributed by atoms with Gasteiger partial charge in [-0.2, -0.15) is 0 Å². The Morgan fingerprint density at radius 2 is 1.66 bits per heavy atom. The maximum Gasteiger partial charge on any atom is 0.287 e. The molecule has 0 aliphatic carbocycles. The molecule has 1 aromatic heterocycles. The highest BCUT2D eigenvalue weighted by atomic mass is 32.2. The van der Waals surface area contributed by atoms with Crippen molar-refractivity contribution in [2.45, 2.75) is 23.8 Å². The summed E-state index contributed by atoms with van der Waals surface area (Å²) in [5.41, 5.74) is 0.948. The number of piperidine rings is 3. The van der Waals surface area contributed by atoms with Crippen LogP contribution in [0.4, 0.5) is 5.69 Å². The summed E-state index contributed by atoms with van der Waals surface area (Å²) >= 11 is 0. The molecule has 32 heavy (non-hydrogen) atoms. The van der Waals surface area contributed by atoms with E-state index >= 15 is 0 Å². The summed E-state index contributed by atoms with van der Waals surface area (Å²) in [4.78, 5) is 15.4.